The van der Waals surface area contributed by atoms with Crippen molar-refractivity contribution in [2.45, 2.75) is 24.2 Å². The smallest absolute Gasteiger partial charge is 0.406 e. The van der Waals surface area contributed by atoms with Crippen LogP contribution in [0.5, 0.6) is 5.75 Å². The van der Waals surface area contributed by atoms with Gasteiger partial charge in [0, 0.05) is 11.8 Å². The van der Waals surface area contributed by atoms with E-state index in [1.165, 1.54) is 0 Å². The summed E-state index contributed by atoms with van der Waals surface area (Å²) in [7, 11) is -3.77. The van der Waals surface area contributed by atoms with Gasteiger partial charge in [0.1, 0.15) is 5.75 Å². The maximum Gasteiger partial charge on any atom is 0.573 e. The van der Waals surface area contributed by atoms with Gasteiger partial charge >= 0.3 is 6.36 Å². The van der Waals surface area contributed by atoms with E-state index in [9.17, 15) is 21.6 Å². The quantitative estimate of drug-likeness (QED) is 0.819. The molecule has 0 radical (unpaired) electrons. The SMILES string of the molecule is CC(CS)NS(=O)(=O)c1ccc(OC(F)(F)F)cc1. The Labute approximate surface area is 114 Å². The largest absolute Gasteiger partial charge is 0.573 e. The van der Waals surface area contributed by atoms with Gasteiger partial charge in [-0.3, -0.25) is 0 Å². The predicted molar refractivity (Wildman–Crippen MR) is 66.8 cm³/mol. The minimum atomic E-state index is -4.81. The summed E-state index contributed by atoms with van der Waals surface area (Å²) >= 11 is 3.93. The van der Waals surface area contributed by atoms with Crippen LogP contribution in [0, 0.1) is 0 Å². The number of sulfonamides is 1. The number of ether oxygens (including phenoxy) is 1. The molecule has 9 heteroatoms. The molecule has 108 valence electrons. The number of alkyl halides is 3. The minimum Gasteiger partial charge on any atom is -0.406 e. The molecule has 0 amide bonds. The van der Waals surface area contributed by atoms with Crippen LogP contribution in [-0.4, -0.2) is 26.6 Å². The first-order valence-electron chi connectivity index (χ1n) is 5.13. The highest BCUT2D eigenvalue weighted by Crippen LogP contribution is 2.23. The van der Waals surface area contributed by atoms with E-state index >= 15 is 0 Å². The number of benzene rings is 1. The van der Waals surface area contributed by atoms with E-state index in [-0.39, 0.29) is 10.9 Å². The maximum absolute atomic E-state index is 11.9. The lowest BCUT2D eigenvalue weighted by molar-refractivity contribution is -0.274. The molecular formula is C10H12F3NO3S2. The normalized spacial score (nSPS) is 14.2. The van der Waals surface area contributed by atoms with Gasteiger partial charge in [0.2, 0.25) is 10.0 Å². The van der Waals surface area contributed by atoms with Crippen LogP contribution >= 0.6 is 12.6 Å². The first-order chi connectivity index (χ1) is 8.64. The van der Waals surface area contributed by atoms with E-state index in [0.717, 1.165) is 24.3 Å². The van der Waals surface area contributed by atoms with Gasteiger partial charge in [-0.15, -0.1) is 13.2 Å². The fourth-order valence-electron chi connectivity index (χ4n) is 1.19. The predicted octanol–water partition coefficient (Wildman–Crippen LogP) is 2.18. The van der Waals surface area contributed by atoms with Gasteiger partial charge in [0.05, 0.1) is 4.90 Å². The van der Waals surface area contributed by atoms with Gasteiger partial charge in [-0.1, -0.05) is 0 Å². The Kier molecular flexibility index (Phi) is 5.11. The average molecular weight is 315 g/mol. The van der Waals surface area contributed by atoms with E-state index in [0.29, 0.717) is 5.75 Å². The summed E-state index contributed by atoms with van der Waals surface area (Å²) in [6.45, 7) is 1.62. The van der Waals surface area contributed by atoms with Crippen LogP contribution in [0.25, 0.3) is 0 Å². The first-order valence-corrected chi connectivity index (χ1v) is 7.24. The number of hydrogen-bond donors (Lipinski definition) is 2. The molecule has 19 heavy (non-hydrogen) atoms. The molecule has 0 fully saturated rings. The van der Waals surface area contributed by atoms with Gasteiger partial charge in [0.15, 0.2) is 0 Å². The number of thiol groups is 1. The van der Waals surface area contributed by atoms with Crippen LogP contribution in [0.2, 0.25) is 0 Å². The van der Waals surface area contributed by atoms with Crippen molar-refractivity contribution in [3.05, 3.63) is 24.3 Å². The first kappa shape index (κ1) is 16.1. The number of halogens is 3. The molecule has 1 aromatic carbocycles. The fraction of sp³-hybridized carbons (Fsp3) is 0.400. The Balaban J connectivity index is 2.87. The lowest BCUT2D eigenvalue weighted by Crippen LogP contribution is -2.33. The Bertz CT molecular complexity index is 514. The van der Waals surface area contributed by atoms with Crippen molar-refractivity contribution in [3.63, 3.8) is 0 Å². The second-order valence-corrected chi connectivity index (χ2v) is 5.80. The average Bonchev–Trinajstić information content (AvgIpc) is 2.26. The van der Waals surface area contributed by atoms with Crippen LogP contribution in [0.3, 0.4) is 0 Å². The van der Waals surface area contributed by atoms with Crippen molar-refractivity contribution < 1.29 is 26.3 Å². The fourth-order valence-corrected chi connectivity index (χ4v) is 2.65. The number of nitrogens with one attached hydrogen (secondary N) is 1. The Hall–Kier alpha value is -0.930. The Morgan fingerprint density at radius 1 is 1.32 bits per heavy atom. The van der Waals surface area contributed by atoms with Crippen LogP contribution in [-0.2, 0) is 10.0 Å². The van der Waals surface area contributed by atoms with E-state index in [1.54, 1.807) is 6.92 Å². The van der Waals surface area contributed by atoms with Gasteiger partial charge in [-0.2, -0.15) is 12.6 Å². The van der Waals surface area contributed by atoms with E-state index in [4.69, 9.17) is 0 Å². The molecule has 1 rings (SSSR count). The molecule has 0 spiro atoms. The molecule has 0 heterocycles. The molecule has 0 saturated carbocycles. The number of rotatable bonds is 5. The summed E-state index contributed by atoms with van der Waals surface area (Å²) in [5.41, 5.74) is 0. The van der Waals surface area contributed by atoms with Crippen molar-refractivity contribution in [1.82, 2.24) is 4.72 Å². The highest BCUT2D eigenvalue weighted by Gasteiger charge is 2.31. The molecule has 0 aromatic heterocycles. The molecular weight excluding hydrogens is 303 g/mol. The lowest BCUT2D eigenvalue weighted by Gasteiger charge is -2.12. The van der Waals surface area contributed by atoms with Gasteiger partial charge in [-0.05, 0) is 31.2 Å². The number of hydrogen-bond acceptors (Lipinski definition) is 4. The molecule has 1 unspecified atom stereocenters. The van der Waals surface area contributed by atoms with E-state index in [2.05, 4.69) is 22.1 Å². The molecule has 0 aliphatic rings. The minimum absolute atomic E-state index is 0.143. The van der Waals surface area contributed by atoms with E-state index < -0.39 is 22.1 Å². The Morgan fingerprint density at radius 3 is 2.26 bits per heavy atom. The molecule has 1 atom stereocenters. The van der Waals surface area contributed by atoms with Gasteiger partial charge in [0.25, 0.3) is 0 Å². The Morgan fingerprint density at radius 2 is 1.84 bits per heavy atom. The third-order valence-electron chi connectivity index (χ3n) is 2.00. The van der Waals surface area contributed by atoms with Gasteiger partial charge in [-0.25, -0.2) is 13.1 Å². The molecule has 1 N–H and O–H groups in total. The molecule has 0 saturated heterocycles. The third-order valence-corrected chi connectivity index (χ3v) is 4.15. The molecule has 4 nitrogen and oxygen atoms in total. The summed E-state index contributed by atoms with van der Waals surface area (Å²) < 4.78 is 65.3. The van der Waals surface area contributed by atoms with Crippen LogP contribution in [0.1, 0.15) is 6.92 Å². The van der Waals surface area contributed by atoms with E-state index in [1.807, 2.05) is 0 Å². The lowest BCUT2D eigenvalue weighted by atomic mass is 10.3. The van der Waals surface area contributed by atoms with Crippen LogP contribution in [0.15, 0.2) is 29.2 Å². The summed E-state index contributed by atoms with van der Waals surface area (Å²) in [5, 5.41) is 0. The van der Waals surface area contributed by atoms with Crippen molar-refractivity contribution in [1.29, 1.82) is 0 Å². The zero-order valence-corrected chi connectivity index (χ0v) is 11.5. The summed E-state index contributed by atoms with van der Waals surface area (Å²) in [4.78, 5) is -0.143. The maximum atomic E-state index is 11.9. The van der Waals surface area contributed by atoms with Crippen LogP contribution in [0.4, 0.5) is 13.2 Å². The summed E-state index contributed by atoms with van der Waals surface area (Å²) in [6.07, 6.45) is -4.81. The molecule has 1 aromatic rings. The molecule has 0 bridgehead atoms. The topological polar surface area (TPSA) is 55.4 Å². The summed E-state index contributed by atoms with van der Waals surface area (Å²) in [5.74, 6) is -0.178. The summed E-state index contributed by atoms with van der Waals surface area (Å²) in [6, 6.07) is 3.56. The second kappa shape index (κ2) is 6.02. The zero-order chi connectivity index (χ0) is 14.7. The van der Waals surface area contributed by atoms with Crippen molar-refractivity contribution in [3.8, 4) is 5.75 Å². The standard InChI is InChI=1S/C10H12F3NO3S2/c1-7(6-18)14-19(15,16)9-4-2-8(3-5-9)17-10(11,12)13/h2-5,7,14,18H,6H2,1H3. The molecule has 0 aliphatic heterocycles. The van der Waals surface area contributed by atoms with Crippen molar-refractivity contribution in [2.24, 2.45) is 0 Å². The second-order valence-electron chi connectivity index (χ2n) is 3.72. The molecule has 0 aliphatic carbocycles. The zero-order valence-electron chi connectivity index (χ0n) is 9.81. The van der Waals surface area contributed by atoms with Crippen molar-refractivity contribution in [2.75, 3.05) is 5.75 Å². The monoisotopic (exact) mass is 315 g/mol. The third kappa shape index (κ3) is 5.29. The highest BCUT2D eigenvalue weighted by atomic mass is 32.2. The van der Waals surface area contributed by atoms with Crippen LogP contribution < -0.4 is 9.46 Å². The van der Waals surface area contributed by atoms with Crippen molar-refractivity contribution >= 4 is 22.7 Å². The van der Waals surface area contributed by atoms with Gasteiger partial charge < -0.3 is 4.74 Å². The highest BCUT2D eigenvalue weighted by molar-refractivity contribution is 7.89.